The summed E-state index contributed by atoms with van der Waals surface area (Å²) in [6, 6.07) is -1.81. The van der Waals surface area contributed by atoms with Crippen molar-refractivity contribution in [3.05, 3.63) is 0 Å². The van der Waals surface area contributed by atoms with Crippen LogP contribution in [0, 0.1) is 10.8 Å². The van der Waals surface area contributed by atoms with Crippen LogP contribution < -0.4 is 0 Å². The highest BCUT2D eigenvalue weighted by Crippen LogP contribution is 2.49. The average molecular weight is 287 g/mol. The molecule has 1 fully saturated rings. The highest BCUT2D eigenvalue weighted by molar-refractivity contribution is 5.98. The Morgan fingerprint density at radius 2 is 1.70 bits per heavy atom. The number of rotatable bonds is 2. The molecule has 0 unspecified atom stereocenters. The van der Waals surface area contributed by atoms with Crippen LogP contribution in [0.3, 0.4) is 0 Å². The standard InChI is InChI=1S/C12H17NO7/c1-11(2,3)12(9(17)18)4-6(14)5-13(10(19)20)7(12)8(15)16/h7H,4-5H2,1-3H3,(H,15,16)(H,17,18)(H,19,20)/t7-,12-/m1/s1. The molecule has 1 amide bonds. The Bertz CT molecular complexity index is 479. The van der Waals surface area contributed by atoms with Gasteiger partial charge in [-0.25, -0.2) is 9.59 Å². The Morgan fingerprint density at radius 3 is 2.00 bits per heavy atom. The van der Waals surface area contributed by atoms with Crippen molar-refractivity contribution in [2.75, 3.05) is 6.54 Å². The number of carbonyl (C=O) groups excluding carboxylic acids is 1. The fourth-order valence-electron chi connectivity index (χ4n) is 2.72. The highest BCUT2D eigenvalue weighted by atomic mass is 16.4. The largest absolute Gasteiger partial charge is 0.481 e. The molecule has 1 rings (SSSR count). The highest BCUT2D eigenvalue weighted by Gasteiger charge is 2.63. The zero-order chi connectivity index (χ0) is 15.9. The lowest BCUT2D eigenvalue weighted by molar-refractivity contribution is -0.180. The normalized spacial score (nSPS) is 27.2. The quantitative estimate of drug-likeness (QED) is 0.674. The number of carboxylic acid groups (broad SMARTS) is 3. The van der Waals surface area contributed by atoms with Crippen LogP contribution in [0.15, 0.2) is 0 Å². The van der Waals surface area contributed by atoms with Gasteiger partial charge in [0.1, 0.15) is 11.5 Å². The lowest BCUT2D eigenvalue weighted by atomic mass is 9.58. The van der Waals surface area contributed by atoms with E-state index in [1.807, 2.05) is 0 Å². The molecule has 8 heteroatoms. The van der Waals surface area contributed by atoms with Gasteiger partial charge < -0.3 is 15.3 Å². The SMILES string of the molecule is CC(C)(C)[C@]1(C(=O)O)CC(=O)CN(C(=O)O)[C@@H]1C(=O)O. The van der Waals surface area contributed by atoms with E-state index in [4.69, 9.17) is 5.11 Å². The van der Waals surface area contributed by atoms with Crippen molar-refractivity contribution in [1.29, 1.82) is 0 Å². The van der Waals surface area contributed by atoms with Crippen molar-refractivity contribution < 1.29 is 34.5 Å². The molecule has 0 spiro atoms. The lowest BCUT2D eigenvalue weighted by Gasteiger charge is -2.50. The van der Waals surface area contributed by atoms with Crippen LogP contribution in [0.4, 0.5) is 4.79 Å². The van der Waals surface area contributed by atoms with E-state index in [9.17, 15) is 29.4 Å². The van der Waals surface area contributed by atoms with E-state index in [-0.39, 0.29) is 0 Å². The minimum Gasteiger partial charge on any atom is -0.481 e. The van der Waals surface area contributed by atoms with Gasteiger partial charge in [-0.2, -0.15) is 0 Å². The third-order valence-corrected chi connectivity index (χ3v) is 3.80. The molecule has 1 saturated heterocycles. The first-order chi connectivity index (χ1) is 8.95. The number of nitrogens with zero attached hydrogens (tertiary/aromatic N) is 1. The topological polar surface area (TPSA) is 132 Å². The molecule has 0 radical (unpaired) electrons. The summed E-state index contributed by atoms with van der Waals surface area (Å²) >= 11 is 0. The molecular weight excluding hydrogens is 270 g/mol. The number of ketones is 1. The summed E-state index contributed by atoms with van der Waals surface area (Å²) < 4.78 is 0. The Kier molecular flexibility index (Phi) is 3.80. The van der Waals surface area contributed by atoms with E-state index in [1.54, 1.807) is 0 Å². The number of carbonyl (C=O) groups is 4. The van der Waals surface area contributed by atoms with E-state index in [1.165, 1.54) is 20.8 Å². The van der Waals surface area contributed by atoms with Crippen LogP contribution in [0.5, 0.6) is 0 Å². The van der Waals surface area contributed by atoms with Gasteiger partial charge in [0, 0.05) is 6.42 Å². The second-order valence-corrected chi connectivity index (χ2v) is 5.89. The fraction of sp³-hybridized carbons (Fsp3) is 0.667. The first-order valence-electron chi connectivity index (χ1n) is 5.92. The van der Waals surface area contributed by atoms with Crippen molar-refractivity contribution in [2.24, 2.45) is 10.8 Å². The monoisotopic (exact) mass is 287 g/mol. The number of aliphatic carboxylic acids is 2. The van der Waals surface area contributed by atoms with Crippen LogP contribution in [0.2, 0.25) is 0 Å². The molecular formula is C12H17NO7. The van der Waals surface area contributed by atoms with E-state index in [2.05, 4.69) is 0 Å². The van der Waals surface area contributed by atoms with E-state index in [0.29, 0.717) is 4.90 Å². The molecule has 1 heterocycles. The number of hydrogen-bond acceptors (Lipinski definition) is 4. The van der Waals surface area contributed by atoms with E-state index in [0.717, 1.165) is 0 Å². The number of Topliss-reactive ketones (excluding diaryl/α,β-unsaturated/α-hetero) is 1. The van der Waals surface area contributed by atoms with Gasteiger partial charge in [-0.1, -0.05) is 20.8 Å². The summed E-state index contributed by atoms with van der Waals surface area (Å²) in [6.45, 7) is 3.83. The Morgan fingerprint density at radius 1 is 1.20 bits per heavy atom. The molecule has 0 saturated carbocycles. The summed E-state index contributed by atoms with van der Waals surface area (Å²) in [5.41, 5.74) is -3.13. The maximum atomic E-state index is 11.8. The number of amides is 1. The summed E-state index contributed by atoms with van der Waals surface area (Å²) in [4.78, 5) is 46.5. The number of piperidine rings is 1. The van der Waals surface area contributed by atoms with Gasteiger partial charge in [0.15, 0.2) is 5.78 Å². The zero-order valence-electron chi connectivity index (χ0n) is 11.4. The average Bonchev–Trinajstić information content (AvgIpc) is 2.24. The first kappa shape index (κ1) is 15.9. The summed E-state index contributed by atoms with van der Waals surface area (Å²) in [6.07, 6.45) is -2.13. The Balaban J connectivity index is 3.58. The number of hydrogen-bond donors (Lipinski definition) is 3. The third kappa shape index (κ3) is 2.21. The molecule has 1 aliphatic heterocycles. The second kappa shape index (κ2) is 4.77. The van der Waals surface area contributed by atoms with Crippen molar-refractivity contribution in [3.63, 3.8) is 0 Å². The maximum Gasteiger partial charge on any atom is 0.408 e. The lowest BCUT2D eigenvalue weighted by Crippen LogP contribution is -2.67. The number of likely N-dealkylation sites (tertiary alicyclic amines) is 1. The molecule has 8 nitrogen and oxygen atoms in total. The van der Waals surface area contributed by atoms with Gasteiger partial charge in [0.25, 0.3) is 0 Å². The Hall–Kier alpha value is -2.12. The molecule has 2 atom stereocenters. The van der Waals surface area contributed by atoms with Crippen molar-refractivity contribution in [3.8, 4) is 0 Å². The first-order valence-corrected chi connectivity index (χ1v) is 5.92. The van der Waals surface area contributed by atoms with E-state index < -0.39 is 53.7 Å². The van der Waals surface area contributed by atoms with Gasteiger partial charge in [0.2, 0.25) is 0 Å². The summed E-state index contributed by atoms with van der Waals surface area (Å²) in [5.74, 6) is -3.67. The molecule has 1 aliphatic rings. The van der Waals surface area contributed by atoms with Gasteiger partial charge in [-0.15, -0.1) is 0 Å². The van der Waals surface area contributed by atoms with Crippen molar-refractivity contribution >= 4 is 23.8 Å². The minimum atomic E-state index is -2.01. The predicted octanol–water partition coefficient (Wildman–Crippen LogP) is 0.509. The van der Waals surface area contributed by atoms with Crippen LogP contribution in [0.25, 0.3) is 0 Å². The molecule has 20 heavy (non-hydrogen) atoms. The summed E-state index contributed by atoms with van der Waals surface area (Å²) in [5, 5.41) is 27.9. The van der Waals surface area contributed by atoms with Crippen LogP contribution in [-0.4, -0.2) is 56.6 Å². The molecule has 0 aromatic rings. The zero-order valence-corrected chi connectivity index (χ0v) is 11.4. The second-order valence-electron chi connectivity index (χ2n) is 5.89. The van der Waals surface area contributed by atoms with E-state index >= 15 is 0 Å². The van der Waals surface area contributed by atoms with Crippen LogP contribution in [-0.2, 0) is 14.4 Å². The molecule has 0 aromatic carbocycles. The molecule has 0 aliphatic carbocycles. The van der Waals surface area contributed by atoms with Gasteiger partial charge in [-0.3, -0.25) is 14.5 Å². The Labute approximate surface area is 115 Å². The van der Waals surface area contributed by atoms with Crippen LogP contribution >= 0.6 is 0 Å². The van der Waals surface area contributed by atoms with Gasteiger partial charge in [0.05, 0.1) is 6.54 Å². The van der Waals surface area contributed by atoms with Gasteiger partial charge >= 0.3 is 18.0 Å². The van der Waals surface area contributed by atoms with Gasteiger partial charge in [-0.05, 0) is 5.41 Å². The molecule has 0 bridgehead atoms. The predicted molar refractivity (Wildman–Crippen MR) is 65.3 cm³/mol. The molecule has 0 aromatic heterocycles. The molecule has 112 valence electrons. The molecule has 3 N–H and O–H groups in total. The fourth-order valence-corrected chi connectivity index (χ4v) is 2.72. The minimum absolute atomic E-state index is 0.396. The third-order valence-electron chi connectivity index (χ3n) is 3.80. The maximum absolute atomic E-state index is 11.8. The van der Waals surface area contributed by atoms with Crippen molar-refractivity contribution in [2.45, 2.75) is 33.2 Å². The number of carboxylic acids is 2. The van der Waals surface area contributed by atoms with Crippen LogP contribution in [0.1, 0.15) is 27.2 Å². The smallest absolute Gasteiger partial charge is 0.408 e. The van der Waals surface area contributed by atoms with Crippen molar-refractivity contribution in [1.82, 2.24) is 4.90 Å². The summed E-state index contributed by atoms with van der Waals surface area (Å²) in [7, 11) is 0.